The van der Waals surface area contributed by atoms with Crippen molar-refractivity contribution >= 4 is 68.5 Å². The van der Waals surface area contributed by atoms with Gasteiger partial charge in [-0.3, -0.25) is 14.2 Å². The third-order valence-corrected chi connectivity index (χ3v) is 4.79. The fraction of sp³-hybridized carbons (Fsp3) is 0.611. The maximum atomic E-state index is 12.7. The number of fused-ring (bicyclic) bond motifs is 1. The average Bonchev–Trinajstić information content (AvgIpc) is 3.09. The van der Waals surface area contributed by atoms with Crippen LogP contribution in [0.1, 0.15) is 55.9 Å². The summed E-state index contributed by atoms with van der Waals surface area (Å²) in [7, 11) is 0. The Morgan fingerprint density at radius 1 is 1.33 bits per heavy atom. The Bertz CT molecular complexity index is 840. The van der Waals surface area contributed by atoms with E-state index in [9.17, 15) is 14.7 Å². The van der Waals surface area contributed by atoms with Crippen LogP contribution in [0.4, 0.5) is 0 Å². The molecule has 0 aliphatic carbocycles. The molecule has 9 heteroatoms. The number of carbonyl (C=O) groups excluding carboxylic acids is 1. The van der Waals surface area contributed by atoms with E-state index in [4.69, 9.17) is 4.42 Å². The molecule has 1 aliphatic heterocycles. The van der Waals surface area contributed by atoms with Gasteiger partial charge in [-0.1, -0.05) is 6.42 Å². The number of piperidine rings is 1. The molecule has 0 unspecified atom stereocenters. The summed E-state index contributed by atoms with van der Waals surface area (Å²) in [5.41, 5.74) is -0.561. The van der Waals surface area contributed by atoms with Gasteiger partial charge in [0.1, 0.15) is 5.56 Å². The van der Waals surface area contributed by atoms with Gasteiger partial charge < -0.3 is 19.7 Å². The quantitative estimate of drug-likeness (QED) is 0.557. The molecule has 1 aliphatic rings. The summed E-state index contributed by atoms with van der Waals surface area (Å²) < 4.78 is 6.57. The predicted octanol–water partition coefficient (Wildman–Crippen LogP) is 1.23. The molecule has 2 aromatic heterocycles. The van der Waals surface area contributed by atoms with Gasteiger partial charge in [0.2, 0.25) is 5.71 Å². The van der Waals surface area contributed by atoms with Crippen LogP contribution in [0.2, 0.25) is 0 Å². The van der Waals surface area contributed by atoms with Crippen LogP contribution in [-0.2, 0) is 0 Å². The zero-order valence-electron chi connectivity index (χ0n) is 15.3. The first-order valence-corrected chi connectivity index (χ1v) is 9.22. The Morgan fingerprint density at radius 2 is 2.04 bits per heavy atom. The summed E-state index contributed by atoms with van der Waals surface area (Å²) in [4.78, 5) is 31.6. The summed E-state index contributed by atoms with van der Waals surface area (Å²) in [6.45, 7) is 7.20. The van der Waals surface area contributed by atoms with E-state index in [0.29, 0.717) is 6.54 Å². The van der Waals surface area contributed by atoms with Gasteiger partial charge in [0.25, 0.3) is 11.5 Å². The van der Waals surface area contributed by atoms with Crippen molar-refractivity contribution in [2.24, 2.45) is 0 Å². The van der Waals surface area contributed by atoms with Gasteiger partial charge in [-0.15, -0.1) is 0 Å². The molecule has 144 valence electrons. The van der Waals surface area contributed by atoms with Crippen molar-refractivity contribution in [2.45, 2.75) is 45.6 Å². The monoisotopic (exact) mass is 402 g/mol. The molecule has 0 saturated carbocycles. The molecule has 0 atom stereocenters. The molecule has 1 amide bonds. The SMILES string of the molecule is CC(C)n1c(=O)c(C(=O)NCCCN2CCCCC2)c(O)c2ncoc21.[KH]. The third-order valence-electron chi connectivity index (χ3n) is 4.79. The number of carbonyl (C=O) groups is 1. The maximum absolute atomic E-state index is 12.7. The van der Waals surface area contributed by atoms with Crippen LogP contribution in [0.5, 0.6) is 5.75 Å². The number of nitrogens with zero attached hydrogens (tertiary/aromatic N) is 3. The van der Waals surface area contributed by atoms with Gasteiger partial charge in [0, 0.05) is 12.6 Å². The molecule has 0 spiro atoms. The minimum atomic E-state index is -0.578. The van der Waals surface area contributed by atoms with Crippen molar-refractivity contribution < 1.29 is 14.3 Å². The molecule has 1 saturated heterocycles. The van der Waals surface area contributed by atoms with Crippen LogP contribution in [-0.4, -0.2) is 103 Å². The molecule has 3 rings (SSSR count). The topological polar surface area (TPSA) is 101 Å². The number of hydrogen-bond donors (Lipinski definition) is 2. The van der Waals surface area contributed by atoms with E-state index in [1.54, 1.807) is 13.8 Å². The number of nitrogens with one attached hydrogen (secondary N) is 1. The Kier molecular flexibility index (Phi) is 8.51. The van der Waals surface area contributed by atoms with E-state index in [0.717, 1.165) is 32.4 Å². The number of hydrogen-bond acceptors (Lipinski definition) is 6. The average molecular weight is 403 g/mol. The second kappa shape index (κ2) is 10.2. The Balaban J connectivity index is 0.00000261. The Hall–Kier alpha value is -0.714. The molecule has 2 N–H and O–H groups in total. The second-order valence-corrected chi connectivity index (χ2v) is 7.01. The predicted molar refractivity (Wildman–Crippen MR) is 105 cm³/mol. The number of rotatable bonds is 6. The van der Waals surface area contributed by atoms with Gasteiger partial charge in [-0.25, -0.2) is 4.98 Å². The molecule has 0 aromatic carbocycles. The summed E-state index contributed by atoms with van der Waals surface area (Å²) in [5.74, 6) is -1.00. The van der Waals surface area contributed by atoms with Gasteiger partial charge >= 0.3 is 51.4 Å². The van der Waals surface area contributed by atoms with Crippen molar-refractivity contribution in [3.8, 4) is 5.75 Å². The molecule has 1 fully saturated rings. The zero-order chi connectivity index (χ0) is 18.7. The number of amides is 1. The zero-order valence-corrected chi connectivity index (χ0v) is 15.3. The van der Waals surface area contributed by atoms with Crippen molar-refractivity contribution in [3.05, 3.63) is 22.3 Å². The first-order chi connectivity index (χ1) is 12.5. The van der Waals surface area contributed by atoms with Crippen LogP contribution in [0.3, 0.4) is 0 Å². The third kappa shape index (κ3) is 5.02. The number of likely N-dealkylation sites (tertiary alicyclic amines) is 1. The number of aromatic hydroxyl groups is 1. The molecule has 27 heavy (non-hydrogen) atoms. The van der Waals surface area contributed by atoms with E-state index in [-0.39, 0.29) is 74.2 Å². The van der Waals surface area contributed by atoms with E-state index in [2.05, 4.69) is 15.2 Å². The van der Waals surface area contributed by atoms with E-state index in [1.165, 1.54) is 23.8 Å². The minimum absolute atomic E-state index is 0. The first-order valence-electron chi connectivity index (χ1n) is 9.22. The molecular formula is C18H27KN4O4. The fourth-order valence-electron chi connectivity index (χ4n) is 3.46. The van der Waals surface area contributed by atoms with Crippen molar-refractivity contribution in [1.29, 1.82) is 0 Å². The van der Waals surface area contributed by atoms with Gasteiger partial charge in [-0.05, 0) is 52.7 Å². The number of pyridine rings is 1. The van der Waals surface area contributed by atoms with Gasteiger partial charge in [-0.2, -0.15) is 0 Å². The van der Waals surface area contributed by atoms with Crippen molar-refractivity contribution in [1.82, 2.24) is 19.8 Å². The second-order valence-electron chi connectivity index (χ2n) is 7.01. The van der Waals surface area contributed by atoms with E-state index < -0.39 is 17.2 Å². The van der Waals surface area contributed by atoms with Crippen LogP contribution >= 0.6 is 0 Å². The summed E-state index contributed by atoms with van der Waals surface area (Å²) in [6.07, 6.45) is 5.71. The van der Waals surface area contributed by atoms with Crippen LogP contribution in [0, 0.1) is 0 Å². The van der Waals surface area contributed by atoms with Gasteiger partial charge in [0.05, 0.1) is 0 Å². The summed E-state index contributed by atoms with van der Waals surface area (Å²) in [5, 5.41) is 13.1. The molecule has 2 aromatic rings. The molecular weight excluding hydrogens is 375 g/mol. The molecule has 3 heterocycles. The van der Waals surface area contributed by atoms with Crippen molar-refractivity contribution in [3.63, 3.8) is 0 Å². The molecule has 8 nitrogen and oxygen atoms in total. The molecule has 0 bridgehead atoms. The number of aromatic nitrogens is 2. The van der Waals surface area contributed by atoms with E-state index >= 15 is 0 Å². The molecule has 0 radical (unpaired) electrons. The number of oxazole rings is 1. The van der Waals surface area contributed by atoms with Crippen LogP contribution < -0.4 is 10.9 Å². The fourth-order valence-corrected chi connectivity index (χ4v) is 3.46. The first kappa shape index (κ1) is 22.6. The summed E-state index contributed by atoms with van der Waals surface area (Å²) >= 11 is 0. The van der Waals surface area contributed by atoms with Gasteiger partial charge in [0.15, 0.2) is 17.7 Å². The van der Waals surface area contributed by atoms with Crippen molar-refractivity contribution in [2.75, 3.05) is 26.2 Å². The van der Waals surface area contributed by atoms with Crippen LogP contribution in [0.25, 0.3) is 11.2 Å². The summed E-state index contributed by atoms with van der Waals surface area (Å²) in [6, 6.07) is -0.232. The Morgan fingerprint density at radius 3 is 2.70 bits per heavy atom. The standard InChI is InChI=1S/C18H26N4O4.K.H/c1-12(2)22-17(25)13(15(23)14-18(22)26-11-20-14)16(24)19-7-6-10-21-8-4-3-5-9-21;;/h11-12,23H,3-10H2,1-2H3,(H,19,24);;. The van der Waals surface area contributed by atoms with Crippen LogP contribution in [0.15, 0.2) is 15.6 Å². The Labute approximate surface area is 200 Å². The normalized spacial score (nSPS) is 15.1. The van der Waals surface area contributed by atoms with E-state index in [1.807, 2.05) is 0 Å².